The average Bonchev–Trinajstić information content (AvgIpc) is 2.91. The van der Waals surface area contributed by atoms with E-state index in [1.54, 1.807) is 5.38 Å². The molecule has 0 aliphatic rings. The number of thiazole rings is 1. The zero-order valence-electron chi connectivity index (χ0n) is 13.3. The van der Waals surface area contributed by atoms with Crippen molar-refractivity contribution < 1.29 is 18.8 Å². The summed E-state index contributed by atoms with van der Waals surface area (Å²) in [7, 11) is 0. The third kappa shape index (κ3) is 4.72. The normalized spacial score (nSPS) is 11.2. The molecule has 24 heavy (non-hydrogen) atoms. The quantitative estimate of drug-likeness (QED) is 0.665. The van der Waals surface area contributed by atoms with Gasteiger partial charge in [-0.15, -0.1) is 11.3 Å². The van der Waals surface area contributed by atoms with E-state index in [2.05, 4.69) is 10.3 Å². The van der Waals surface area contributed by atoms with Gasteiger partial charge in [-0.2, -0.15) is 0 Å². The van der Waals surface area contributed by atoms with Gasteiger partial charge >= 0.3 is 6.09 Å². The number of nitro benzene ring substituents is 1. The fourth-order valence-corrected chi connectivity index (χ4v) is 2.55. The van der Waals surface area contributed by atoms with Crippen molar-refractivity contribution in [1.29, 1.82) is 0 Å². The number of hydrogen-bond donors (Lipinski definition) is 1. The molecule has 0 spiro atoms. The molecule has 0 radical (unpaired) electrons. The highest BCUT2D eigenvalue weighted by Gasteiger charge is 2.19. The summed E-state index contributed by atoms with van der Waals surface area (Å²) in [5, 5.41) is 15.7. The Hall–Kier alpha value is -2.55. The van der Waals surface area contributed by atoms with Crippen molar-refractivity contribution in [3.63, 3.8) is 0 Å². The first-order valence-corrected chi connectivity index (χ1v) is 7.87. The molecule has 0 atom stereocenters. The first-order valence-electron chi connectivity index (χ1n) is 6.99. The van der Waals surface area contributed by atoms with Crippen LogP contribution in [0.3, 0.4) is 0 Å². The minimum absolute atomic E-state index is 0.0737. The Morgan fingerprint density at radius 3 is 2.79 bits per heavy atom. The smallest absolute Gasteiger partial charge is 0.407 e. The molecule has 1 N–H and O–H groups in total. The predicted octanol–water partition coefficient (Wildman–Crippen LogP) is 3.88. The Labute approximate surface area is 141 Å². The average molecular weight is 353 g/mol. The molecule has 2 aromatic rings. The van der Waals surface area contributed by atoms with E-state index in [1.807, 2.05) is 20.8 Å². The van der Waals surface area contributed by atoms with Crippen LogP contribution >= 0.6 is 11.3 Å². The number of ether oxygens (including phenoxy) is 1. The molecular formula is C15H16FN3O4S. The third-order valence-corrected chi connectivity index (χ3v) is 3.61. The van der Waals surface area contributed by atoms with Crippen LogP contribution in [0.15, 0.2) is 23.6 Å². The lowest BCUT2D eigenvalue weighted by atomic mass is 10.1. The van der Waals surface area contributed by atoms with Crippen LogP contribution in [0.5, 0.6) is 0 Å². The fraction of sp³-hybridized carbons (Fsp3) is 0.333. The van der Waals surface area contributed by atoms with Gasteiger partial charge < -0.3 is 10.1 Å². The van der Waals surface area contributed by atoms with Crippen LogP contribution in [0.4, 0.5) is 14.9 Å². The molecule has 9 heteroatoms. The van der Waals surface area contributed by atoms with Gasteiger partial charge in [-0.1, -0.05) is 0 Å². The van der Waals surface area contributed by atoms with Crippen molar-refractivity contribution in [3.05, 3.63) is 44.5 Å². The second kappa shape index (κ2) is 6.91. The number of nitrogens with zero attached hydrogens (tertiary/aromatic N) is 2. The summed E-state index contributed by atoms with van der Waals surface area (Å²) < 4.78 is 18.4. The number of carbonyl (C=O) groups is 1. The molecule has 0 fully saturated rings. The predicted molar refractivity (Wildman–Crippen MR) is 87.2 cm³/mol. The summed E-state index contributed by atoms with van der Waals surface area (Å²) in [5.74, 6) is -0.592. The van der Waals surface area contributed by atoms with Crippen molar-refractivity contribution >= 4 is 23.1 Å². The van der Waals surface area contributed by atoms with E-state index in [4.69, 9.17) is 4.74 Å². The maximum atomic E-state index is 13.4. The Morgan fingerprint density at radius 2 is 2.17 bits per heavy atom. The van der Waals surface area contributed by atoms with E-state index in [-0.39, 0.29) is 23.6 Å². The van der Waals surface area contributed by atoms with Gasteiger partial charge in [-0.25, -0.2) is 14.2 Å². The van der Waals surface area contributed by atoms with Gasteiger partial charge in [0.05, 0.1) is 16.2 Å². The molecular weight excluding hydrogens is 337 g/mol. The monoisotopic (exact) mass is 353 g/mol. The van der Waals surface area contributed by atoms with Crippen molar-refractivity contribution in [3.8, 4) is 11.3 Å². The summed E-state index contributed by atoms with van der Waals surface area (Å²) in [6.45, 7) is 5.38. The highest BCUT2D eigenvalue weighted by molar-refractivity contribution is 7.09. The van der Waals surface area contributed by atoms with Crippen molar-refractivity contribution in [2.24, 2.45) is 0 Å². The molecule has 2 rings (SSSR count). The zero-order chi connectivity index (χ0) is 17.9. The van der Waals surface area contributed by atoms with Crippen molar-refractivity contribution in [2.75, 3.05) is 0 Å². The van der Waals surface area contributed by atoms with Crippen LogP contribution < -0.4 is 5.32 Å². The molecule has 1 aromatic carbocycles. The maximum Gasteiger partial charge on any atom is 0.407 e. The highest BCUT2D eigenvalue weighted by atomic mass is 32.1. The number of amides is 1. The van der Waals surface area contributed by atoms with Crippen LogP contribution in [0.2, 0.25) is 0 Å². The molecule has 0 aliphatic carbocycles. The van der Waals surface area contributed by atoms with Gasteiger partial charge in [0.2, 0.25) is 0 Å². The van der Waals surface area contributed by atoms with Crippen LogP contribution in [-0.4, -0.2) is 21.5 Å². The molecule has 1 amide bonds. The topological polar surface area (TPSA) is 94.4 Å². The third-order valence-electron chi connectivity index (χ3n) is 2.79. The molecule has 0 bridgehead atoms. The van der Waals surface area contributed by atoms with Gasteiger partial charge in [0.15, 0.2) is 0 Å². The van der Waals surface area contributed by atoms with Gasteiger partial charge in [0.25, 0.3) is 5.69 Å². The molecule has 7 nitrogen and oxygen atoms in total. The number of hydrogen-bond acceptors (Lipinski definition) is 6. The number of aromatic nitrogens is 1. The summed E-state index contributed by atoms with van der Waals surface area (Å²) in [6, 6.07) is 3.18. The lowest BCUT2D eigenvalue weighted by molar-refractivity contribution is -0.384. The molecule has 128 valence electrons. The first-order chi connectivity index (χ1) is 11.2. The zero-order valence-corrected chi connectivity index (χ0v) is 14.1. The lowest BCUT2D eigenvalue weighted by Gasteiger charge is -2.19. The standard InChI is InChI=1S/C15H16FN3O4S/c1-15(2,3)18-14(20)23-7-13-17-11(8-24-13)10-6-9(16)4-5-12(10)19(21)22/h4-6,8H,7H2,1-3H3,(H,18,20). The van der Waals surface area contributed by atoms with E-state index in [9.17, 15) is 19.3 Å². The van der Waals surface area contributed by atoms with Crippen LogP contribution in [-0.2, 0) is 11.3 Å². The molecule has 1 heterocycles. The second-order valence-corrected chi connectivity index (χ2v) is 6.94. The molecule has 0 unspecified atom stereocenters. The van der Waals surface area contributed by atoms with E-state index in [1.165, 1.54) is 11.3 Å². The second-order valence-electron chi connectivity index (χ2n) is 6.00. The molecule has 1 aromatic heterocycles. The van der Waals surface area contributed by atoms with Crippen LogP contribution in [0.1, 0.15) is 25.8 Å². The number of rotatable bonds is 4. The van der Waals surface area contributed by atoms with Crippen molar-refractivity contribution in [2.45, 2.75) is 32.9 Å². The summed E-state index contributed by atoms with van der Waals surface area (Å²) in [4.78, 5) is 26.2. The van der Waals surface area contributed by atoms with E-state index in [0.29, 0.717) is 5.01 Å². The summed E-state index contributed by atoms with van der Waals surface area (Å²) in [6.07, 6.45) is -0.587. The first kappa shape index (κ1) is 17.8. The Morgan fingerprint density at radius 1 is 1.46 bits per heavy atom. The Kier molecular flexibility index (Phi) is 5.13. The number of alkyl carbamates (subject to hydrolysis) is 1. The fourth-order valence-electron chi connectivity index (χ4n) is 1.84. The summed E-state index contributed by atoms with van der Waals surface area (Å²) in [5.41, 5.74) is -0.310. The van der Waals surface area contributed by atoms with E-state index >= 15 is 0 Å². The molecule has 0 saturated heterocycles. The Balaban J connectivity index is 2.13. The van der Waals surface area contributed by atoms with E-state index < -0.39 is 22.4 Å². The van der Waals surface area contributed by atoms with Gasteiger partial charge in [0, 0.05) is 17.0 Å². The van der Waals surface area contributed by atoms with E-state index in [0.717, 1.165) is 18.2 Å². The minimum Gasteiger partial charge on any atom is -0.442 e. The number of nitrogens with one attached hydrogen (secondary N) is 1. The molecule has 0 aliphatic heterocycles. The van der Waals surface area contributed by atoms with Gasteiger partial charge in [0.1, 0.15) is 17.4 Å². The largest absolute Gasteiger partial charge is 0.442 e. The minimum atomic E-state index is -0.596. The Bertz CT molecular complexity index is 770. The van der Waals surface area contributed by atoms with Gasteiger partial charge in [-0.05, 0) is 32.9 Å². The lowest BCUT2D eigenvalue weighted by Crippen LogP contribution is -2.40. The number of halogens is 1. The number of benzene rings is 1. The molecule has 0 saturated carbocycles. The van der Waals surface area contributed by atoms with Crippen LogP contribution in [0, 0.1) is 15.9 Å². The maximum absolute atomic E-state index is 13.4. The number of nitro groups is 1. The van der Waals surface area contributed by atoms with Crippen LogP contribution in [0.25, 0.3) is 11.3 Å². The summed E-state index contributed by atoms with van der Waals surface area (Å²) >= 11 is 1.17. The SMILES string of the molecule is CC(C)(C)NC(=O)OCc1nc(-c2cc(F)ccc2[N+](=O)[O-])cs1. The number of carbonyl (C=O) groups excluding carboxylic acids is 1. The highest BCUT2D eigenvalue weighted by Crippen LogP contribution is 2.31. The van der Waals surface area contributed by atoms with Crippen molar-refractivity contribution in [1.82, 2.24) is 10.3 Å². The van der Waals surface area contributed by atoms with Gasteiger partial charge in [-0.3, -0.25) is 10.1 Å².